The largest absolute Gasteiger partial charge is 0.416 e. The van der Waals surface area contributed by atoms with Crippen LogP contribution in [0.2, 0.25) is 0 Å². The average molecular weight is 507 g/mol. The molecule has 0 bridgehead atoms. The van der Waals surface area contributed by atoms with E-state index in [4.69, 9.17) is 0 Å². The summed E-state index contributed by atoms with van der Waals surface area (Å²) in [5.41, 5.74) is 0.171. The molecule has 186 valence electrons. The fourth-order valence-corrected chi connectivity index (χ4v) is 5.65. The molecule has 1 saturated carbocycles. The monoisotopic (exact) mass is 506 g/mol. The lowest BCUT2D eigenvalue weighted by Gasteiger charge is -2.48. The first-order valence-electron chi connectivity index (χ1n) is 11.4. The molecule has 35 heavy (non-hydrogen) atoms. The lowest BCUT2D eigenvalue weighted by Crippen LogP contribution is -2.63. The first-order valence-corrected chi connectivity index (χ1v) is 12.3. The molecule has 0 unspecified atom stereocenters. The Morgan fingerprint density at radius 3 is 2.69 bits per heavy atom. The number of aromatic nitrogens is 3. The highest BCUT2D eigenvalue weighted by Crippen LogP contribution is 2.40. The third-order valence-electron chi connectivity index (χ3n) is 6.87. The van der Waals surface area contributed by atoms with Crippen LogP contribution in [0, 0.1) is 0 Å². The lowest BCUT2D eigenvalue weighted by molar-refractivity contribution is -0.137. The van der Waals surface area contributed by atoms with E-state index in [9.17, 15) is 23.1 Å². The Bertz CT molecular complexity index is 1190. The molecule has 2 aromatic heterocycles. The van der Waals surface area contributed by atoms with E-state index >= 15 is 0 Å². The summed E-state index contributed by atoms with van der Waals surface area (Å²) >= 11 is 1.48. The number of anilines is 1. The van der Waals surface area contributed by atoms with E-state index in [1.54, 1.807) is 11.7 Å². The molecule has 2 aliphatic rings. The van der Waals surface area contributed by atoms with Gasteiger partial charge < -0.3 is 15.7 Å². The number of nitrogens with zero attached hydrogens (tertiary/aromatic N) is 4. The summed E-state index contributed by atoms with van der Waals surface area (Å²) in [6.07, 6.45) is 1.81. The zero-order chi connectivity index (χ0) is 24.6. The number of aliphatic hydroxyl groups is 1. The van der Waals surface area contributed by atoms with Crippen molar-refractivity contribution in [3.05, 3.63) is 46.5 Å². The van der Waals surface area contributed by atoms with Gasteiger partial charge in [0.1, 0.15) is 5.60 Å². The van der Waals surface area contributed by atoms with Crippen molar-refractivity contribution in [1.29, 1.82) is 0 Å². The second-order valence-electron chi connectivity index (χ2n) is 9.19. The number of alkyl halides is 3. The van der Waals surface area contributed by atoms with Gasteiger partial charge in [0, 0.05) is 36.1 Å². The molecule has 5 rings (SSSR count). The lowest BCUT2D eigenvalue weighted by atomic mass is 9.80. The van der Waals surface area contributed by atoms with Crippen LogP contribution in [-0.2, 0) is 16.6 Å². The van der Waals surface area contributed by atoms with Crippen LogP contribution in [0.4, 0.5) is 19.0 Å². The summed E-state index contributed by atoms with van der Waals surface area (Å²) in [4.78, 5) is 19.7. The molecule has 1 aliphatic carbocycles. The first-order chi connectivity index (χ1) is 16.7. The highest BCUT2D eigenvalue weighted by molar-refractivity contribution is 7.09. The number of hydrogen-bond donors (Lipinski definition) is 3. The Hall–Kier alpha value is -2.83. The van der Waals surface area contributed by atoms with Gasteiger partial charge in [0.15, 0.2) is 5.82 Å². The molecule has 0 atom stereocenters. The SMILES string of the molecule is O=C(CNc1nncc2ccc(C(F)(F)F)cc12)NC1CN([C@H]2CC[C@](O)(c3cncs3)CC2)C1. The number of carbonyl (C=O) groups excluding carboxylic acids is 1. The van der Waals surface area contributed by atoms with Gasteiger partial charge in [-0.15, -0.1) is 16.4 Å². The topological polar surface area (TPSA) is 103 Å². The van der Waals surface area contributed by atoms with Crippen LogP contribution in [0.15, 0.2) is 36.1 Å². The molecule has 0 spiro atoms. The van der Waals surface area contributed by atoms with Crippen molar-refractivity contribution < 1.29 is 23.1 Å². The van der Waals surface area contributed by atoms with E-state index in [1.807, 2.05) is 0 Å². The zero-order valence-electron chi connectivity index (χ0n) is 18.8. The second-order valence-corrected chi connectivity index (χ2v) is 10.1. The minimum Gasteiger partial charge on any atom is -0.384 e. The Labute approximate surface area is 203 Å². The van der Waals surface area contributed by atoms with Crippen molar-refractivity contribution in [2.75, 3.05) is 25.0 Å². The molecular formula is C23H25F3N6O2S. The molecule has 1 amide bonds. The maximum Gasteiger partial charge on any atom is 0.416 e. The zero-order valence-corrected chi connectivity index (χ0v) is 19.6. The number of amides is 1. The minimum absolute atomic E-state index is 0.0158. The number of hydrogen-bond acceptors (Lipinski definition) is 8. The standard InChI is InChI=1S/C23H25F3N6O2S/c24-23(25,26)15-2-1-14-8-29-31-21(18(14)7-15)28-10-20(33)30-16-11-32(12-16)17-3-5-22(34,6-4-17)19-9-27-13-35-19/h1-2,7-9,13,16-17,34H,3-6,10-12H2,(H,28,31)(H,30,33)/t17-,22+. The molecule has 0 radical (unpaired) electrons. The van der Waals surface area contributed by atoms with Gasteiger partial charge in [-0.3, -0.25) is 14.7 Å². The molecule has 3 N–H and O–H groups in total. The van der Waals surface area contributed by atoms with Crippen LogP contribution in [0.5, 0.6) is 0 Å². The highest BCUT2D eigenvalue weighted by Gasteiger charge is 2.41. The number of carbonyl (C=O) groups is 1. The van der Waals surface area contributed by atoms with Gasteiger partial charge in [-0.2, -0.15) is 18.3 Å². The van der Waals surface area contributed by atoms with Crippen LogP contribution < -0.4 is 10.6 Å². The summed E-state index contributed by atoms with van der Waals surface area (Å²) < 4.78 is 39.2. The van der Waals surface area contributed by atoms with Gasteiger partial charge >= 0.3 is 6.18 Å². The summed E-state index contributed by atoms with van der Waals surface area (Å²) in [7, 11) is 0. The molecule has 2 fully saturated rings. The summed E-state index contributed by atoms with van der Waals surface area (Å²) in [6, 6.07) is 3.73. The predicted molar refractivity (Wildman–Crippen MR) is 125 cm³/mol. The third-order valence-corrected chi connectivity index (χ3v) is 7.84. The Morgan fingerprint density at radius 2 is 2.00 bits per heavy atom. The highest BCUT2D eigenvalue weighted by atomic mass is 32.1. The second kappa shape index (κ2) is 9.32. The quantitative estimate of drug-likeness (QED) is 0.472. The Kier molecular flexibility index (Phi) is 6.36. The first kappa shape index (κ1) is 23.9. The molecular weight excluding hydrogens is 481 g/mol. The van der Waals surface area contributed by atoms with Crippen LogP contribution in [-0.4, -0.2) is 62.8 Å². The number of halogens is 3. The number of fused-ring (bicyclic) bond motifs is 1. The Balaban J connectivity index is 1.10. The van der Waals surface area contributed by atoms with Crippen molar-refractivity contribution in [2.45, 2.75) is 49.5 Å². The number of likely N-dealkylation sites (tertiary alicyclic amines) is 1. The molecule has 1 saturated heterocycles. The van der Waals surface area contributed by atoms with E-state index in [1.165, 1.54) is 23.6 Å². The average Bonchev–Trinajstić information content (AvgIpc) is 3.36. The normalized spacial score (nSPS) is 23.7. The smallest absolute Gasteiger partial charge is 0.384 e. The van der Waals surface area contributed by atoms with Crippen LogP contribution in [0.1, 0.15) is 36.1 Å². The molecule has 1 aliphatic heterocycles. The van der Waals surface area contributed by atoms with Gasteiger partial charge in [-0.1, -0.05) is 6.07 Å². The van der Waals surface area contributed by atoms with Gasteiger partial charge in [0.2, 0.25) is 5.91 Å². The van der Waals surface area contributed by atoms with Crippen molar-refractivity contribution in [2.24, 2.45) is 0 Å². The van der Waals surface area contributed by atoms with Crippen molar-refractivity contribution >= 4 is 33.8 Å². The van der Waals surface area contributed by atoms with E-state index in [2.05, 4.69) is 30.7 Å². The number of nitrogens with one attached hydrogen (secondary N) is 2. The fourth-order valence-electron chi connectivity index (χ4n) is 4.87. The van der Waals surface area contributed by atoms with E-state index in [0.717, 1.165) is 42.9 Å². The van der Waals surface area contributed by atoms with Crippen molar-refractivity contribution in [3.63, 3.8) is 0 Å². The Morgan fingerprint density at radius 1 is 1.23 bits per heavy atom. The summed E-state index contributed by atoms with van der Waals surface area (Å²) in [5, 5.41) is 25.1. The van der Waals surface area contributed by atoms with Crippen molar-refractivity contribution in [3.8, 4) is 0 Å². The van der Waals surface area contributed by atoms with Gasteiger partial charge in [0.25, 0.3) is 0 Å². The van der Waals surface area contributed by atoms with Gasteiger partial charge in [-0.05, 0) is 37.8 Å². The number of benzene rings is 1. The maximum absolute atomic E-state index is 13.1. The summed E-state index contributed by atoms with van der Waals surface area (Å²) in [6.45, 7) is 1.35. The van der Waals surface area contributed by atoms with Crippen molar-refractivity contribution in [1.82, 2.24) is 25.4 Å². The number of thiazole rings is 1. The summed E-state index contributed by atoms with van der Waals surface area (Å²) in [5.74, 6) is -0.127. The molecule has 12 heteroatoms. The van der Waals surface area contributed by atoms with Crippen LogP contribution >= 0.6 is 11.3 Å². The van der Waals surface area contributed by atoms with Crippen LogP contribution in [0.25, 0.3) is 10.8 Å². The number of rotatable bonds is 6. The predicted octanol–water partition coefficient (Wildman–Crippen LogP) is 3.15. The maximum atomic E-state index is 13.1. The molecule has 8 nitrogen and oxygen atoms in total. The molecule has 3 aromatic rings. The van der Waals surface area contributed by atoms with E-state index < -0.39 is 17.3 Å². The third kappa shape index (κ3) is 5.09. The van der Waals surface area contributed by atoms with Gasteiger partial charge in [-0.25, -0.2) is 0 Å². The van der Waals surface area contributed by atoms with E-state index in [0.29, 0.717) is 24.3 Å². The van der Waals surface area contributed by atoms with Crippen LogP contribution in [0.3, 0.4) is 0 Å². The van der Waals surface area contributed by atoms with Gasteiger partial charge in [0.05, 0.1) is 34.7 Å². The molecule has 3 heterocycles. The van der Waals surface area contributed by atoms with E-state index in [-0.39, 0.29) is 29.7 Å². The molecule has 1 aromatic carbocycles. The minimum atomic E-state index is -4.47. The fraction of sp³-hybridized carbons (Fsp3) is 0.478.